The van der Waals surface area contributed by atoms with Gasteiger partial charge in [-0.2, -0.15) is 0 Å². The monoisotopic (exact) mass is 497 g/mol. The van der Waals surface area contributed by atoms with E-state index >= 15 is 0 Å². The van der Waals surface area contributed by atoms with Gasteiger partial charge in [0.25, 0.3) is 0 Å². The summed E-state index contributed by atoms with van der Waals surface area (Å²) in [6.07, 6.45) is 3.70. The van der Waals surface area contributed by atoms with Crippen LogP contribution in [-0.4, -0.2) is 60.2 Å². The van der Waals surface area contributed by atoms with Crippen LogP contribution in [0.15, 0.2) is 46.1 Å². The Hall–Kier alpha value is -1.61. The molecule has 6 nitrogen and oxygen atoms in total. The topological polar surface area (TPSA) is 56.9 Å². The normalized spacial score (nSPS) is 15.4. The van der Waals surface area contributed by atoms with Crippen molar-refractivity contribution in [3.63, 3.8) is 0 Å². The van der Waals surface area contributed by atoms with Gasteiger partial charge in [0, 0.05) is 51.9 Å². The fourth-order valence-electron chi connectivity index (χ4n) is 3.32. The van der Waals surface area contributed by atoms with Crippen LogP contribution in [-0.2, 0) is 19.4 Å². The van der Waals surface area contributed by atoms with E-state index in [-0.39, 0.29) is 24.0 Å². The molecule has 28 heavy (non-hydrogen) atoms. The van der Waals surface area contributed by atoms with Crippen molar-refractivity contribution in [1.29, 1.82) is 0 Å². The second-order valence-electron chi connectivity index (χ2n) is 6.91. The van der Waals surface area contributed by atoms with Gasteiger partial charge in [0.1, 0.15) is 6.26 Å². The number of aliphatic imine (C=N–C) groups is 1. The van der Waals surface area contributed by atoms with Crippen LogP contribution in [0.25, 0.3) is 0 Å². The summed E-state index contributed by atoms with van der Waals surface area (Å²) in [6, 6.07) is 10.8. The number of piperazine rings is 1. The smallest absolute Gasteiger partial charge is 0.194 e. The SMILES string of the molecule is CCNC(=NCCc1ccc(CC)cc1)N1CCN(Cc2ccon2)CC1.I. The van der Waals surface area contributed by atoms with E-state index in [0.29, 0.717) is 0 Å². The van der Waals surface area contributed by atoms with Crippen molar-refractivity contribution in [2.75, 3.05) is 39.3 Å². The molecule has 3 rings (SSSR count). The third-order valence-corrected chi connectivity index (χ3v) is 4.98. The molecule has 2 heterocycles. The van der Waals surface area contributed by atoms with Crippen molar-refractivity contribution >= 4 is 29.9 Å². The Morgan fingerprint density at radius 3 is 2.39 bits per heavy atom. The Morgan fingerprint density at radius 2 is 1.79 bits per heavy atom. The summed E-state index contributed by atoms with van der Waals surface area (Å²) >= 11 is 0. The minimum absolute atomic E-state index is 0. The average molecular weight is 497 g/mol. The summed E-state index contributed by atoms with van der Waals surface area (Å²) in [4.78, 5) is 9.64. The van der Waals surface area contributed by atoms with Crippen LogP contribution in [0, 0.1) is 0 Å². The number of aryl methyl sites for hydroxylation is 1. The molecule has 2 aromatic rings. The minimum atomic E-state index is 0. The standard InChI is InChI=1S/C21H31N5O.HI/c1-3-18-5-7-19(8-6-18)9-11-23-21(22-4-2)26-14-12-25(13-15-26)17-20-10-16-27-24-20;/h5-8,10,16H,3-4,9,11-15,17H2,1-2H3,(H,22,23);1H. The van der Waals surface area contributed by atoms with E-state index in [9.17, 15) is 0 Å². The summed E-state index contributed by atoms with van der Waals surface area (Å²) in [5, 5.41) is 7.45. The number of hydrogen-bond acceptors (Lipinski definition) is 4. The molecule has 0 aliphatic carbocycles. The molecule has 1 N–H and O–H groups in total. The van der Waals surface area contributed by atoms with E-state index in [1.54, 1.807) is 6.26 Å². The fourth-order valence-corrected chi connectivity index (χ4v) is 3.32. The van der Waals surface area contributed by atoms with E-state index in [1.165, 1.54) is 11.1 Å². The van der Waals surface area contributed by atoms with Crippen LogP contribution >= 0.6 is 24.0 Å². The first-order valence-electron chi connectivity index (χ1n) is 10.0. The number of nitrogens with zero attached hydrogens (tertiary/aromatic N) is 4. The Bertz CT molecular complexity index is 694. The zero-order valence-electron chi connectivity index (χ0n) is 16.9. The van der Waals surface area contributed by atoms with Gasteiger partial charge in [0.2, 0.25) is 0 Å². The highest BCUT2D eigenvalue weighted by atomic mass is 127. The maximum absolute atomic E-state index is 4.92. The number of aromatic nitrogens is 1. The highest BCUT2D eigenvalue weighted by Crippen LogP contribution is 2.08. The predicted octanol–water partition coefficient (Wildman–Crippen LogP) is 3.18. The van der Waals surface area contributed by atoms with Crippen LogP contribution in [0.4, 0.5) is 0 Å². The van der Waals surface area contributed by atoms with Gasteiger partial charge in [0.05, 0.1) is 5.69 Å². The summed E-state index contributed by atoms with van der Waals surface area (Å²) in [7, 11) is 0. The first kappa shape index (κ1) is 22.7. The lowest BCUT2D eigenvalue weighted by molar-refractivity contribution is 0.169. The molecule has 7 heteroatoms. The molecule has 1 aliphatic heterocycles. The van der Waals surface area contributed by atoms with Crippen LogP contribution < -0.4 is 5.32 Å². The van der Waals surface area contributed by atoms with Crippen molar-refractivity contribution in [3.05, 3.63) is 53.4 Å². The van der Waals surface area contributed by atoms with Crippen molar-refractivity contribution in [3.8, 4) is 0 Å². The number of hydrogen-bond donors (Lipinski definition) is 1. The summed E-state index contributed by atoms with van der Waals surface area (Å²) < 4.78 is 4.92. The molecule has 0 unspecified atom stereocenters. The Kier molecular flexibility index (Phi) is 9.77. The minimum Gasteiger partial charge on any atom is -0.364 e. The first-order chi connectivity index (χ1) is 13.3. The van der Waals surface area contributed by atoms with Gasteiger partial charge in [-0.25, -0.2) is 0 Å². The molecule has 1 saturated heterocycles. The molecule has 154 valence electrons. The van der Waals surface area contributed by atoms with Gasteiger partial charge in [-0.3, -0.25) is 9.89 Å². The highest BCUT2D eigenvalue weighted by Gasteiger charge is 2.20. The molecule has 0 amide bonds. The fraction of sp³-hybridized carbons (Fsp3) is 0.524. The van der Waals surface area contributed by atoms with Gasteiger partial charge in [0.15, 0.2) is 5.96 Å². The Balaban J connectivity index is 0.00000280. The van der Waals surface area contributed by atoms with Crippen LogP contribution in [0.5, 0.6) is 0 Å². The maximum atomic E-state index is 4.92. The van der Waals surface area contributed by atoms with E-state index in [1.807, 2.05) is 6.07 Å². The van der Waals surface area contributed by atoms with E-state index in [2.05, 4.69) is 58.4 Å². The summed E-state index contributed by atoms with van der Waals surface area (Å²) in [5.74, 6) is 1.03. The number of benzene rings is 1. The average Bonchev–Trinajstić information content (AvgIpc) is 3.21. The lowest BCUT2D eigenvalue weighted by Crippen LogP contribution is -2.52. The van der Waals surface area contributed by atoms with Crippen LogP contribution in [0.1, 0.15) is 30.7 Å². The molecule has 1 aliphatic rings. The lowest BCUT2D eigenvalue weighted by Gasteiger charge is -2.36. The number of nitrogens with one attached hydrogen (secondary N) is 1. The summed E-state index contributed by atoms with van der Waals surface area (Å²) in [5.41, 5.74) is 3.74. The number of halogens is 1. The second-order valence-corrected chi connectivity index (χ2v) is 6.91. The molecule has 0 atom stereocenters. The molecular formula is C21H32IN5O. The van der Waals surface area contributed by atoms with E-state index in [0.717, 1.165) is 70.3 Å². The molecule has 0 bridgehead atoms. The summed E-state index contributed by atoms with van der Waals surface area (Å²) in [6.45, 7) is 10.9. The van der Waals surface area contributed by atoms with Gasteiger partial charge in [-0.15, -0.1) is 24.0 Å². The quantitative estimate of drug-likeness (QED) is 0.362. The third-order valence-electron chi connectivity index (χ3n) is 4.98. The van der Waals surface area contributed by atoms with Gasteiger partial charge >= 0.3 is 0 Å². The Morgan fingerprint density at radius 1 is 1.07 bits per heavy atom. The first-order valence-corrected chi connectivity index (χ1v) is 10.0. The maximum Gasteiger partial charge on any atom is 0.194 e. The largest absolute Gasteiger partial charge is 0.364 e. The zero-order valence-corrected chi connectivity index (χ0v) is 19.3. The number of guanidine groups is 1. The van der Waals surface area contributed by atoms with Crippen molar-refractivity contribution in [2.45, 2.75) is 33.2 Å². The molecule has 0 spiro atoms. The predicted molar refractivity (Wildman–Crippen MR) is 124 cm³/mol. The molecule has 1 aromatic carbocycles. The van der Waals surface area contributed by atoms with Gasteiger partial charge in [-0.1, -0.05) is 36.3 Å². The second kappa shape index (κ2) is 12.1. The van der Waals surface area contributed by atoms with Crippen molar-refractivity contribution < 1.29 is 4.52 Å². The van der Waals surface area contributed by atoms with E-state index in [4.69, 9.17) is 9.52 Å². The molecular weight excluding hydrogens is 465 g/mol. The van der Waals surface area contributed by atoms with E-state index < -0.39 is 0 Å². The third kappa shape index (κ3) is 6.77. The zero-order chi connectivity index (χ0) is 18.9. The highest BCUT2D eigenvalue weighted by molar-refractivity contribution is 14.0. The number of rotatable bonds is 7. The molecule has 1 fully saturated rings. The van der Waals surface area contributed by atoms with Crippen molar-refractivity contribution in [1.82, 2.24) is 20.3 Å². The van der Waals surface area contributed by atoms with Crippen LogP contribution in [0.2, 0.25) is 0 Å². The van der Waals surface area contributed by atoms with Crippen molar-refractivity contribution in [2.24, 2.45) is 4.99 Å². The molecule has 0 radical (unpaired) electrons. The molecule has 1 aromatic heterocycles. The lowest BCUT2D eigenvalue weighted by atomic mass is 10.1. The van der Waals surface area contributed by atoms with Gasteiger partial charge in [-0.05, 0) is 30.9 Å². The van der Waals surface area contributed by atoms with Crippen LogP contribution in [0.3, 0.4) is 0 Å². The van der Waals surface area contributed by atoms with Gasteiger partial charge < -0.3 is 14.7 Å². The molecule has 0 saturated carbocycles. The Labute approximate surface area is 185 Å².